The third kappa shape index (κ3) is 3.16. The number of benzene rings is 1. The zero-order chi connectivity index (χ0) is 13.0. The SMILES string of the molecule is CCC1CN(Cc2c(Cl)cccc2OC)CCN1. The van der Waals surface area contributed by atoms with Crippen LogP contribution in [0.5, 0.6) is 5.75 Å². The maximum Gasteiger partial charge on any atom is 0.124 e. The van der Waals surface area contributed by atoms with E-state index in [1.807, 2.05) is 18.2 Å². The van der Waals surface area contributed by atoms with Crippen molar-refractivity contribution in [2.24, 2.45) is 0 Å². The maximum absolute atomic E-state index is 6.28. The molecule has 3 nitrogen and oxygen atoms in total. The summed E-state index contributed by atoms with van der Waals surface area (Å²) in [6.45, 7) is 6.26. The first-order valence-electron chi connectivity index (χ1n) is 6.51. The minimum Gasteiger partial charge on any atom is -0.496 e. The first-order chi connectivity index (χ1) is 8.74. The number of hydrogen-bond acceptors (Lipinski definition) is 3. The van der Waals surface area contributed by atoms with Gasteiger partial charge in [-0.2, -0.15) is 0 Å². The van der Waals surface area contributed by atoms with E-state index in [2.05, 4.69) is 17.1 Å². The third-order valence-corrected chi connectivity index (χ3v) is 3.86. The van der Waals surface area contributed by atoms with Gasteiger partial charge < -0.3 is 10.1 Å². The van der Waals surface area contributed by atoms with Gasteiger partial charge in [0, 0.05) is 42.8 Å². The monoisotopic (exact) mass is 268 g/mol. The molecule has 1 heterocycles. The van der Waals surface area contributed by atoms with Gasteiger partial charge in [-0.15, -0.1) is 0 Å². The van der Waals surface area contributed by atoms with E-state index in [1.165, 1.54) is 0 Å². The Morgan fingerprint density at radius 2 is 2.33 bits per heavy atom. The molecule has 0 radical (unpaired) electrons. The second kappa shape index (κ2) is 6.41. The van der Waals surface area contributed by atoms with Crippen molar-refractivity contribution in [1.82, 2.24) is 10.2 Å². The van der Waals surface area contributed by atoms with Crippen LogP contribution in [0.25, 0.3) is 0 Å². The lowest BCUT2D eigenvalue weighted by molar-refractivity contribution is 0.188. The Morgan fingerprint density at radius 3 is 3.06 bits per heavy atom. The van der Waals surface area contributed by atoms with Crippen LogP contribution in [0.2, 0.25) is 5.02 Å². The molecular weight excluding hydrogens is 248 g/mol. The van der Waals surface area contributed by atoms with Crippen LogP contribution in [0.4, 0.5) is 0 Å². The lowest BCUT2D eigenvalue weighted by atomic mass is 10.1. The second-order valence-corrected chi connectivity index (χ2v) is 5.12. The number of piperazine rings is 1. The van der Waals surface area contributed by atoms with Crippen molar-refractivity contribution in [1.29, 1.82) is 0 Å². The van der Waals surface area contributed by atoms with Crippen LogP contribution in [0, 0.1) is 0 Å². The molecule has 0 amide bonds. The summed E-state index contributed by atoms with van der Waals surface area (Å²) in [5.41, 5.74) is 1.10. The van der Waals surface area contributed by atoms with Gasteiger partial charge in [0.1, 0.15) is 5.75 Å². The van der Waals surface area contributed by atoms with Crippen molar-refractivity contribution in [3.05, 3.63) is 28.8 Å². The third-order valence-electron chi connectivity index (χ3n) is 3.51. The van der Waals surface area contributed by atoms with Crippen molar-refractivity contribution in [2.75, 3.05) is 26.7 Å². The summed E-state index contributed by atoms with van der Waals surface area (Å²) in [6.07, 6.45) is 1.16. The Hall–Kier alpha value is -0.770. The van der Waals surface area contributed by atoms with Gasteiger partial charge in [0.25, 0.3) is 0 Å². The van der Waals surface area contributed by atoms with Crippen LogP contribution in [-0.4, -0.2) is 37.7 Å². The molecule has 1 aliphatic heterocycles. The first kappa shape index (κ1) is 13.7. The van der Waals surface area contributed by atoms with Crippen LogP contribution in [0.1, 0.15) is 18.9 Å². The molecule has 0 aliphatic carbocycles. The molecule has 1 aliphatic rings. The number of methoxy groups -OCH3 is 1. The predicted molar refractivity (Wildman–Crippen MR) is 75.4 cm³/mol. The molecule has 0 saturated carbocycles. The molecule has 0 aromatic heterocycles. The smallest absolute Gasteiger partial charge is 0.124 e. The molecule has 0 bridgehead atoms. The molecule has 1 aromatic rings. The standard InChI is InChI=1S/C14H21ClN2O/c1-3-11-9-17(8-7-16-11)10-12-13(15)5-4-6-14(12)18-2/h4-6,11,16H,3,7-10H2,1-2H3. The summed E-state index contributed by atoms with van der Waals surface area (Å²) in [7, 11) is 1.70. The van der Waals surface area contributed by atoms with Crippen LogP contribution < -0.4 is 10.1 Å². The van der Waals surface area contributed by atoms with Crippen LogP contribution in [0.3, 0.4) is 0 Å². The number of hydrogen-bond donors (Lipinski definition) is 1. The zero-order valence-electron chi connectivity index (χ0n) is 11.1. The number of ether oxygens (including phenoxy) is 1. The molecule has 0 spiro atoms. The number of halogens is 1. The average molecular weight is 269 g/mol. The quantitative estimate of drug-likeness (QED) is 0.908. The van der Waals surface area contributed by atoms with Gasteiger partial charge in [-0.1, -0.05) is 24.6 Å². The van der Waals surface area contributed by atoms with Crippen LogP contribution in [-0.2, 0) is 6.54 Å². The molecule has 1 unspecified atom stereocenters. The highest BCUT2D eigenvalue weighted by Crippen LogP contribution is 2.27. The molecule has 1 N–H and O–H groups in total. The summed E-state index contributed by atoms with van der Waals surface area (Å²) in [6, 6.07) is 6.42. The zero-order valence-corrected chi connectivity index (χ0v) is 11.8. The average Bonchev–Trinajstić information content (AvgIpc) is 2.41. The van der Waals surface area contributed by atoms with Gasteiger partial charge >= 0.3 is 0 Å². The molecule has 18 heavy (non-hydrogen) atoms. The Labute approximate surface area is 114 Å². The molecule has 4 heteroatoms. The summed E-state index contributed by atoms with van der Waals surface area (Å²) in [4.78, 5) is 2.44. The summed E-state index contributed by atoms with van der Waals surface area (Å²) >= 11 is 6.28. The highest BCUT2D eigenvalue weighted by molar-refractivity contribution is 6.31. The fourth-order valence-corrected chi connectivity index (χ4v) is 2.64. The van der Waals surface area contributed by atoms with E-state index >= 15 is 0 Å². The lowest BCUT2D eigenvalue weighted by Gasteiger charge is -2.33. The van der Waals surface area contributed by atoms with Crippen LogP contribution >= 0.6 is 11.6 Å². The summed E-state index contributed by atoms with van der Waals surface area (Å²) in [5, 5.41) is 4.31. The molecule has 1 saturated heterocycles. The normalized spacial score (nSPS) is 20.9. The van der Waals surface area contributed by atoms with Crippen molar-refractivity contribution in [2.45, 2.75) is 25.9 Å². The van der Waals surface area contributed by atoms with Gasteiger partial charge in [-0.3, -0.25) is 4.90 Å². The maximum atomic E-state index is 6.28. The molecule has 1 aromatic carbocycles. The van der Waals surface area contributed by atoms with E-state index in [9.17, 15) is 0 Å². The van der Waals surface area contributed by atoms with E-state index in [0.29, 0.717) is 6.04 Å². The van der Waals surface area contributed by atoms with Gasteiger partial charge in [0.05, 0.1) is 7.11 Å². The number of nitrogens with one attached hydrogen (secondary N) is 1. The summed E-state index contributed by atoms with van der Waals surface area (Å²) in [5.74, 6) is 0.883. The fourth-order valence-electron chi connectivity index (χ4n) is 2.42. The largest absolute Gasteiger partial charge is 0.496 e. The second-order valence-electron chi connectivity index (χ2n) is 4.72. The van der Waals surface area contributed by atoms with Gasteiger partial charge in [0.15, 0.2) is 0 Å². The Morgan fingerprint density at radius 1 is 1.50 bits per heavy atom. The Bertz CT molecular complexity index is 397. The van der Waals surface area contributed by atoms with E-state index in [1.54, 1.807) is 7.11 Å². The Balaban J connectivity index is 2.09. The van der Waals surface area contributed by atoms with Gasteiger partial charge in [-0.05, 0) is 18.6 Å². The molecule has 2 rings (SSSR count). The van der Waals surface area contributed by atoms with Crippen molar-refractivity contribution >= 4 is 11.6 Å². The van der Waals surface area contributed by atoms with E-state index < -0.39 is 0 Å². The molecule has 1 fully saturated rings. The number of rotatable bonds is 4. The fraction of sp³-hybridized carbons (Fsp3) is 0.571. The lowest BCUT2D eigenvalue weighted by Crippen LogP contribution is -2.49. The van der Waals surface area contributed by atoms with Crippen molar-refractivity contribution in [3.63, 3.8) is 0 Å². The van der Waals surface area contributed by atoms with Crippen LogP contribution in [0.15, 0.2) is 18.2 Å². The summed E-state index contributed by atoms with van der Waals surface area (Å²) < 4.78 is 5.39. The van der Waals surface area contributed by atoms with Crippen molar-refractivity contribution < 1.29 is 4.74 Å². The molecule has 1 atom stereocenters. The Kier molecular flexibility index (Phi) is 4.87. The molecule has 100 valence electrons. The first-order valence-corrected chi connectivity index (χ1v) is 6.89. The van der Waals surface area contributed by atoms with E-state index in [0.717, 1.165) is 48.9 Å². The topological polar surface area (TPSA) is 24.5 Å². The van der Waals surface area contributed by atoms with E-state index in [-0.39, 0.29) is 0 Å². The van der Waals surface area contributed by atoms with Crippen molar-refractivity contribution in [3.8, 4) is 5.75 Å². The van der Waals surface area contributed by atoms with E-state index in [4.69, 9.17) is 16.3 Å². The predicted octanol–water partition coefficient (Wildman–Crippen LogP) is 2.53. The molecular formula is C14H21ClN2O. The van der Waals surface area contributed by atoms with Gasteiger partial charge in [-0.25, -0.2) is 0 Å². The number of nitrogens with zero attached hydrogens (tertiary/aromatic N) is 1. The van der Waals surface area contributed by atoms with Gasteiger partial charge in [0.2, 0.25) is 0 Å². The highest BCUT2D eigenvalue weighted by atomic mass is 35.5. The minimum atomic E-state index is 0.590. The highest BCUT2D eigenvalue weighted by Gasteiger charge is 2.19. The minimum absolute atomic E-state index is 0.590.